The zero-order chi connectivity index (χ0) is 24.7. The molecule has 0 bridgehead atoms. The molecule has 1 atom stereocenters. The largest absolute Gasteiger partial charge is 0.491 e. The van der Waals surface area contributed by atoms with Crippen LogP contribution in [0, 0.1) is 6.92 Å². The van der Waals surface area contributed by atoms with Crippen LogP contribution >= 0.6 is 0 Å². The highest BCUT2D eigenvalue weighted by Gasteiger charge is 2.48. The number of nitrogens with one attached hydrogen (secondary N) is 1. The van der Waals surface area contributed by atoms with Gasteiger partial charge in [0.05, 0.1) is 18.2 Å². The molecule has 3 heterocycles. The lowest BCUT2D eigenvalue weighted by Crippen LogP contribution is -2.64. The Labute approximate surface area is 206 Å². The van der Waals surface area contributed by atoms with Crippen LogP contribution in [-0.4, -0.2) is 39.0 Å². The summed E-state index contributed by atoms with van der Waals surface area (Å²) in [4.78, 5) is 29.4. The topological polar surface area (TPSA) is 76.7 Å². The van der Waals surface area contributed by atoms with Crippen molar-refractivity contribution in [1.29, 1.82) is 0 Å². The van der Waals surface area contributed by atoms with Crippen molar-refractivity contribution in [3.63, 3.8) is 0 Å². The lowest BCUT2D eigenvalue weighted by molar-refractivity contribution is -0.134. The molecule has 35 heavy (non-hydrogen) atoms. The molecule has 1 aromatic carbocycles. The summed E-state index contributed by atoms with van der Waals surface area (Å²) in [6, 6.07) is 11.7. The van der Waals surface area contributed by atoms with E-state index in [1.807, 2.05) is 62.6 Å². The summed E-state index contributed by atoms with van der Waals surface area (Å²) in [6.45, 7) is 8.48. The number of rotatable bonds is 6. The Bertz CT molecular complexity index is 1230. The van der Waals surface area contributed by atoms with Crippen LogP contribution in [0.25, 0.3) is 11.1 Å². The first kappa shape index (κ1) is 23.5. The molecule has 186 valence electrons. The number of fused-ring (bicyclic) bond motifs is 3. The monoisotopic (exact) mass is 477 g/mol. The number of nitrogens with zero attached hydrogens (tertiary/aromatic N) is 2. The minimum absolute atomic E-state index is 0.0888. The van der Waals surface area contributed by atoms with Gasteiger partial charge < -0.3 is 23.9 Å². The number of benzene rings is 1. The second-order valence-corrected chi connectivity index (χ2v) is 10.5. The molecule has 1 N–H and O–H groups in total. The van der Waals surface area contributed by atoms with Gasteiger partial charge in [-0.2, -0.15) is 0 Å². The van der Waals surface area contributed by atoms with E-state index in [2.05, 4.69) is 5.32 Å². The fourth-order valence-electron chi connectivity index (χ4n) is 5.42. The third-order valence-corrected chi connectivity index (χ3v) is 7.30. The average Bonchev–Trinajstić information content (AvgIpc) is 3.34. The number of furan rings is 1. The van der Waals surface area contributed by atoms with Crippen LogP contribution in [-0.2, 0) is 17.9 Å². The molecule has 7 nitrogen and oxygen atoms in total. The van der Waals surface area contributed by atoms with Gasteiger partial charge in [-0.3, -0.25) is 9.59 Å². The normalized spacial score (nSPS) is 20.9. The molecule has 2 aliphatic rings. The fraction of sp³-hybridized carbons (Fsp3) is 0.500. The predicted molar refractivity (Wildman–Crippen MR) is 134 cm³/mol. The van der Waals surface area contributed by atoms with Crippen LogP contribution in [0.15, 0.2) is 40.8 Å². The van der Waals surface area contributed by atoms with Crippen LogP contribution in [0.1, 0.15) is 74.7 Å². The highest BCUT2D eigenvalue weighted by molar-refractivity contribution is 6.03. The van der Waals surface area contributed by atoms with E-state index in [9.17, 15) is 9.59 Å². The van der Waals surface area contributed by atoms with E-state index in [0.29, 0.717) is 24.4 Å². The van der Waals surface area contributed by atoms with Gasteiger partial charge in [0.2, 0.25) is 5.91 Å². The summed E-state index contributed by atoms with van der Waals surface area (Å²) in [7, 11) is 0. The van der Waals surface area contributed by atoms with Gasteiger partial charge in [-0.15, -0.1) is 0 Å². The lowest BCUT2D eigenvalue weighted by atomic mass is 9.91. The van der Waals surface area contributed by atoms with Crippen LogP contribution in [0.4, 0.5) is 0 Å². The Hall–Kier alpha value is -3.22. The van der Waals surface area contributed by atoms with Gasteiger partial charge in [0, 0.05) is 24.7 Å². The van der Waals surface area contributed by atoms with Crippen molar-refractivity contribution in [2.24, 2.45) is 0 Å². The first-order valence-corrected chi connectivity index (χ1v) is 12.7. The molecule has 1 aliphatic carbocycles. The van der Waals surface area contributed by atoms with Gasteiger partial charge in [0.25, 0.3) is 5.91 Å². The number of aryl methyl sites for hydroxylation is 1. The molecule has 0 spiro atoms. The number of carbonyl (C=O) groups is 2. The van der Waals surface area contributed by atoms with Crippen LogP contribution in [0.2, 0.25) is 0 Å². The number of ether oxygens (including phenoxy) is 1. The van der Waals surface area contributed by atoms with Crippen molar-refractivity contribution in [3.05, 3.63) is 53.4 Å². The van der Waals surface area contributed by atoms with Crippen LogP contribution in [0.3, 0.4) is 0 Å². The Balaban J connectivity index is 1.49. The molecule has 5 rings (SSSR count). The van der Waals surface area contributed by atoms with E-state index >= 15 is 0 Å². The summed E-state index contributed by atoms with van der Waals surface area (Å²) in [5.41, 5.74) is 2.01. The molecule has 2 aromatic heterocycles. The first-order valence-electron chi connectivity index (χ1n) is 12.7. The van der Waals surface area contributed by atoms with Crippen molar-refractivity contribution in [3.8, 4) is 5.75 Å². The first-order chi connectivity index (χ1) is 16.7. The smallest absolute Gasteiger partial charge is 0.271 e. The summed E-state index contributed by atoms with van der Waals surface area (Å²) in [5, 5.41) is 3.28. The van der Waals surface area contributed by atoms with Crippen molar-refractivity contribution < 1.29 is 18.7 Å². The molecule has 2 amide bonds. The maximum atomic E-state index is 13.9. The predicted octanol–water partition coefficient (Wildman–Crippen LogP) is 5.19. The Kier molecular flexibility index (Phi) is 6.11. The highest BCUT2D eigenvalue weighted by atomic mass is 16.5. The summed E-state index contributed by atoms with van der Waals surface area (Å²) in [5.74, 6) is 1.32. The maximum absolute atomic E-state index is 13.9. The van der Waals surface area contributed by atoms with Gasteiger partial charge in [0.15, 0.2) is 5.58 Å². The van der Waals surface area contributed by atoms with Gasteiger partial charge in [-0.25, -0.2) is 0 Å². The molecule has 0 saturated heterocycles. The van der Waals surface area contributed by atoms with Gasteiger partial charge in [0.1, 0.15) is 22.7 Å². The van der Waals surface area contributed by atoms with E-state index in [0.717, 1.165) is 48.3 Å². The second-order valence-electron chi connectivity index (χ2n) is 10.5. The molecule has 1 fully saturated rings. The minimum Gasteiger partial charge on any atom is -0.491 e. The lowest BCUT2D eigenvalue weighted by Gasteiger charge is -2.44. The van der Waals surface area contributed by atoms with E-state index < -0.39 is 5.54 Å². The third kappa shape index (κ3) is 4.44. The average molecular weight is 478 g/mol. The van der Waals surface area contributed by atoms with Gasteiger partial charge in [-0.1, -0.05) is 31.4 Å². The SMILES string of the molecule is Cc1cc2c(cc3n2C[C@@](C)(C(=O)NC2CCCCC2)N(Cc2ccc(OC(C)C)cc2)C3=O)o1. The number of hydrogen-bond donors (Lipinski definition) is 1. The highest BCUT2D eigenvalue weighted by Crippen LogP contribution is 2.35. The molecular weight excluding hydrogens is 442 g/mol. The fourth-order valence-corrected chi connectivity index (χ4v) is 5.42. The maximum Gasteiger partial charge on any atom is 0.271 e. The molecule has 1 saturated carbocycles. The minimum atomic E-state index is -1.04. The molecule has 0 unspecified atom stereocenters. The summed E-state index contributed by atoms with van der Waals surface area (Å²) < 4.78 is 13.5. The van der Waals surface area contributed by atoms with Crippen LogP contribution in [0.5, 0.6) is 5.75 Å². The zero-order valence-electron chi connectivity index (χ0n) is 21.1. The Morgan fingerprint density at radius 2 is 1.89 bits per heavy atom. The summed E-state index contributed by atoms with van der Waals surface area (Å²) in [6.07, 6.45) is 5.55. The van der Waals surface area contributed by atoms with Crippen molar-refractivity contribution >= 4 is 22.9 Å². The standard InChI is InChI=1S/C28H35N3O4/c1-18(2)34-22-12-10-20(11-13-22)16-31-26(32)24-15-25-23(14-19(3)35-25)30(24)17-28(31,4)27(33)29-21-8-6-5-7-9-21/h10-15,18,21H,5-9,16-17H2,1-4H3,(H,29,33)/t28-/m0/s1. The number of carbonyl (C=O) groups excluding carboxylic acids is 2. The Morgan fingerprint density at radius 1 is 1.17 bits per heavy atom. The second kappa shape index (κ2) is 9.10. The van der Waals surface area contributed by atoms with Crippen LogP contribution < -0.4 is 10.1 Å². The van der Waals surface area contributed by atoms with Crippen molar-refractivity contribution in [2.45, 2.75) is 90.6 Å². The van der Waals surface area contributed by atoms with E-state index in [-0.39, 0.29) is 24.0 Å². The summed E-state index contributed by atoms with van der Waals surface area (Å²) >= 11 is 0. The van der Waals surface area contributed by atoms with Gasteiger partial charge >= 0.3 is 0 Å². The van der Waals surface area contributed by atoms with E-state index in [1.165, 1.54) is 6.42 Å². The molecular formula is C28H35N3O4. The molecule has 0 radical (unpaired) electrons. The number of amides is 2. The third-order valence-electron chi connectivity index (χ3n) is 7.30. The quantitative estimate of drug-likeness (QED) is 0.530. The van der Waals surface area contributed by atoms with Crippen molar-refractivity contribution in [1.82, 2.24) is 14.8 Å². The molecule has 1 aliphatic heterocycles. The zero-order valence-corrected chi connectivity index (χ0v) is 21.1. The Morgan fingerprint density at radius 3 is 2.57 bits per heavy atom. The van der Waals surface area contributed by atoms with Gasteiger partial charge in [-0.05, 0) is 58.2 Å². The number of aromatic nitrogens is 1. The molecule has 3 aromatic rings. The van der Waals surface area contributed by atoms with E-state index in [1.54, 1.807) is 11.0 Å². The number of hydrogen-bond acceptors (Lipinski definition) is 4. The van der Waals surface area contributed by atoms with Crippen molar-refractivity contribution in [2.75, 3.05) is 0 Å². The van der Waals surface area contributed by atoms with E-state index in [4.69, 9.17) is 9.15 Å². The molecule has 7 heteroatoms.